The summed E-state index contributed by atoms with van der Waals surface area (Å²) in [5.41, 5.74) is 6.13. The van der Waals surface area contributed by atoms with Gasteiger partial charge in [0.2, 0.25) is 0 Å². The molecular weight excluding hydrogens is 220 g/mol. The molecule has 0 radical (unpaired) electrons. The summed E-state index contributed by atoms with van der Waals surface area (Å²) >= 11 is 0. The van der Waals surface area contributed by atoms with Crippen molar-refractivity contribution in [1.29, 1.82) is 0 Å². The predicted molar refractivity (Wildman–Crippen MR) is 74.5 cm³/mol. The zero-order valence-corrected chi connectivity index (χ0v) is 11.3. The molecule has 0 bridgehead atoms. The molecule has 1 saturated carbocycles. The standard InChI is InChI=1S/C17H20O/c1-3-14-12(2)17(10-8-13(18)9-11-17)16-7-5-4-6-15(14)16/h4-7H,3,8-11H2,1-2H3. The highest BCUT2D eigenvalue weighted by Gasteiger charge is 2.44. The van der Waals surface area contributed by atoms with Crippen molar-refractivity contribution in [1.82, 2.24) is 0 Å². The van der Waals surface area contributed by atoms with Crippen LogP contribution in [0.4, 0.5) is 0 Å². The van der Waals surface area contributed by atoms with Gasteiger partial charge in [0.25, 0.3) is 0 Å². The van der Waals surface area contributed by atoms with E-state index in [1.165, 1.54) is 22.3 Å². The minimum Gasteiger partial charge on any atom is -0.300 e. The number of carbonyl (C=O) groups excluding carboxylic acids is 1. The van der Waals surface area contributed by atoms with E-state index in [2.05, 4.69) is 38.1 Å². The molecular formula is C17H20O. The number of fused-ring (bicyclic) bond motifs is 2. The van der Waals surface area contributed by atoms with E-state index in [9.17, 15) is 4.79 Å². The number of hydrogen-bond donors (Lipinski definition) is 0. The topological polar surface area (TPSA) is 17.1 Å². The van der Waals surface area contributed by atoms with Gasteiger partial charge in [-0.2, -0.15) is 0 Å². The number of Topliss-reactive ketones (excluding diaryl/α,β-unsaturated/α-hetero) is 1. The van der Waals surface area contributed by atoms with Crippen LogP contribution in [-0.4, -0.2) is 5.78 Å². The van der Waals surface area contributed by atoms with Gasteiger partial charge in [-0.15, -0.1) is 0 Å². The lowest BCUT2D eigenvalue weighted by molar-refractivity contribution is -0.121. The molecule has 1 nitrogen and oxygen atoms in total. The van der Waals surface area contributed by atoms with Gasteiger partial charge in [0.15, 0.2) is 0 Å². The van der Waals surface area contributed by atoms with Crippen LogP contribution in [0.15, 0.2) is 29.8 Å². The van der Waals surface area contributed by atoms with Crippen LogP contribution < -0.4 is 0 Å². The Kier molecular flexibility index (Phi) is 2.65. The van der Waals surface area contributed by atoms with Gasteiger partial charge in [0.05, 0.1) is 0 Å². The molecule has 2 aliphatic carbocycles. The molecule has 2 aliphatic rings. The fraction of sp³-hybridized carbons (Fsp3) is 0.471. The van der Waals surface area contributed by atoms with Crippen LogP contribution in [0.5, 0.6) is 0 Å². The van der Waals surface area contributed by atoms with Crippen LogP contribution in [0.25, 0.3) is 5.57 Å². The van der Waals surface area contributed by atoms with Crippen molar-refractivity contribution in [2.24, 2.45) is 0 Å². The molecule has 94 valence electrons. The number of carbonyl (C=O) groups is 1. The first-order valence-corrected chi connectivity index (χ1v) is 7.01. The maximum Gasteiger partial charge on any atom is 0.133 e. The Labute approximate surface area is 109 Å². The van der Waals surface area contributed by atoms with Crippen molar-refractivity contribution < 1.29 is 4.79 Å². The van der Waals surface area contributed by atoms with E-state index in [0.717, 1.165) is 32.1 Å². The van der Waals surface area contributed by atoms with E-state index in [1.54, 1.807) is 0 Å². The van der Waals surface area contributed by atoms with E-state index in [1.807, 2.05) is 0 Å². The molecule has 1 spiro atoms. The minimum absolute atomic E-state index is 0.176. The lowest BCUT2D eigenvalue weighted by atomic mass is 9.67. The maximum absolute atomic E-state index is 11.6. The summed E-state index contributed by atoms with van der Waals surface area (Å²) < 4.78 is 0. The lowest BCUT2D eigenvalue weighted by Gasteiger charge is -2.36. The smallest absolute Gasteiger partial charge is 0.133 e. The van der Waals surface area contributed by atoms with Gasteiger partial charge in [0, 0.05) is 18.3 Å². The number of benzene rings is 1. The summed E-state index contributed by atoms with van der Waals surface area (Å²) in [6, 6.07) is 8.80. The third kappa shape index (κ3) is 1.43. The normalized spacial score (nSPS) is 21.6. The first-order valence-electron chi connectivity index (χ1n) is 7.01. The highest BCUT2D eigenvalue weighted by molar-refractivity contribution is 5.84. The van der Waals surface area contributed by atoms with E-state index in [-0.39, 0.29) is 5.41 Å². The van der Waals surface area contributed by atoms with Gasteiger partial charge in [-0.25, -0.2) is 0 Å². The van der Waals surface area contributed by atoms with Gasteiger partial charge >= 0.3 is 0 Å². The Morgan fingerprint density at radius 3 is 2.50 bits per heavy atom. The molecule has 0 amide bonds. The zero-order chi connectivity index (χ0) is 12.8. The SMILES string of the molecule is CCC1=C(C)C2(CCC(=O)CC2)c2ccccc21. The summed E-state index contributed by atoms with van der Waals surface area (Å²) in [6.07, 6.45) is 4.63. The van der Waals surface area contributed by atoms with Gasteiger partial charge in [-0.3, -0.25) is 4.79 Å². The van der Waals surface area contributed by atoms with Crippen LogP contribution in [0.1, 0.15) is 57.1 Å². The van der Waals surface area contributed by atoms with Crippen LogP contribution in [-0.2, 0) is 10.2 Å². The molecule has 0 saturated heterocycles. The fourth-order valence-corrected chi connectivity index (χ4v) is 3.91. The van der Waals surface area contributed by atoms with Gasteiger partial charge in [-0.1, -0.05) is 36.8 Å². The van der Waals surface area contributed by atoms with Crippen molar-refractivity contribution >= 4 is 11.4 Å². The summed E-state index contributed by atoms with van der Waals surface area (Å²) in [7, 11) is 0. The lowest BCUT2D eigenvalue weighted by Crippen LogP contribution is -2.31. The van der Waals surface area contributed by atoms with E-state index in [0.29, 0.717) is 5.78 Å². The second-order valence-corrected chi connectivity index (χ2v) is 5.62. The van der Waals surface area contributed by atoms with Gasteiger partial charge < -0.3 is 0 Å². The molecule has 0 aliphatic heterocycles. The number of rotatable bonds is 1. The van der Waals surface area contributed by atoms with Crippen molar-refractivity contribution in [3.63, 3.8) is 0 Å². The Morgan fingerprint density at radius 1 is 1.17 bits per heavy atom. The van der Waals surface area contributed by atoms with Crippen LogP contribution in [0.2, 0.25) is 0 Å². The minimum atomic E-state index is 0.176. The second-order valence-electron chi connectivity index (χ2n) is 5.62. The summed E-state index contributed by atoms with van der Waals surface area (Å²) in [5.74, 6) is 0.441. The van der Waals surface area contributed by atoms with Crippen molar-refractivity contribution in [2.75, 3.05) is 0 Å². The molecule has 0 N–H and O–H groups in total. The monoisotopic (exact) mass is 240 g/mol. The zero-order valence-electron chi connectivity index (χ0n) is 11.3. The Balaban J connectivity index is 2.15. The molecule has 3 rings (SSSR count). The number of allylic oxidation sites excluding steroid dienone is 2. The van der Waals surface area contributed by atoms with E-state index in [4.69, 9.17) is 0 Å². The van der Waals surface area contributed by atoms with E-state index < -0.39 is 0 Å². The van der Waals surface area contributed by atoms with Crippen molar-refractivity contribution in [3.05, 3.63) is 41.0 Å². The van der Waals surface area contributed by atoms with Crippen molar-refractivity contribution in [2.45, 2.75) is 51.4 Å². The predicted octanol–water partition coefficient (Wildman–Crippen LogP) is 4.26. The summed E-state index contributed by atoms with van der Waals surface area (Å²) in [6.45, 7) is 4.53. The largest absolute Gasteiger partial charge is 0.300 e. The second kappa shape index (κ2) is 4.08. The van der Waals surface area contributed by atoms with E-state index >= 15 is 0 Å². The average Bonchev–Trinajstić information content (AvgIpc) is 2.63. The molecule has 18 heavy (non-hydrogen) atoms. The first-order chi connectivity index (χ1) is 8.69. The summed E-state index contributed by atoms with van der Waals surface area (Å²) in [4.78, 5) is 11.6. The molecule has 1 aromatic carbocycles. The molecule has 0 aromatic heterocycles. The van der Waals surface area contributed by atoms with Gasteiger partial charge in [0.1, 0.15) is 5.78 Å². The molecule has 1 fully saturated rings. The Bertz CT molecular complexity index is 526. The van der Waals surface area contributed by atoms with Crippen LogP contribution in [0, 0.1) is 0 Å². The number of ketones is 1. The number of hydrogen-bond acceptors (Lipinski definition) is 1. The highest BCUT2D eigenvalue weighted by Crippen LogP contribution is 2.53. The fourth-order valence-electron chi connectivity index (χ4n) is 3.91. The maximum atomic E-state index is 11.6. The molecule has 1 aromatic rings. The van der Waals surface area contributed by atoms with Crippen molar-refractivity contribution in [3.8, 4) is 0 Å². The first kappa shape index (κ1) is 11.7. The average molecular weight is 240 g/mol. The Hall–Kier alpha value is -1.37. The molecule has 0 atom stereocenters. The third-order valence-electron chi connectivity index (χ3n) is 4.95. The van der Waals surface area contributed by atoms with Crippen LogP contribution >= 0.6 is 0 Å². The summed E-state index contributed by atoms with van der Waals surface area (Å²) in [5, 5.41) is 0. The van der Waals surface area contributed by atoms with Gasteiger partial charge in [-0.05, 0) is 42.9 Å². The quantitative estimate of drug-likeness (QED) is 0.716. The third-order valence-corrected chi connectivity index (χ3v) is 4.95. The highest BCUT2D eigenvalue weighted by atomic mass is 16.1. The molecule has 0 heterocycles. The Morgan fingerprint density at radius 2 is 1.83 bits per heavy atom. The molecule has 1 heteroatoms. The molecule has 0 unspecified atom stereocenters. The van der Waals surface area contributed by atoms with Crippen LogP contribution in [0.3, 0.4) is 0 Å².